The van der Waals surface area contributed by atoms with Gasteiger partial charge in [0.15, 0.2) is 0 Å². The molecule has 0 aromatic carbocycles. The highest BCUT2D eigenvalue weighted by Gasteiger charge is 1.98. The highest BCUT2D eigenvalue weighted by Crippen LogP contribution is 2.16. The Bertz CT molecular complexity index is 1060. The molecule has 0 fully saturated rings. The van der Waals surface area contributed by atoms with Crippen LogP contribution in [0.1, 0.15) is 365 Å². The molecule has 0 bridgehead atoms. The molecule has 0 heterocycles. The molecular weight excluding hydrogens is 865 g/mol. The van der Waals surface area contributed by atoms with Crippen molar-refractivity contribution >= 4 is 0 Å². The minimum atomic E-state index is 0.877. The van der Waals surface area contributed by atoms with Gasteiger partial charge in [-0.25, -0.2) is 0 Å². The molecule has 0 aliphatic rings. The van der Waals surface area contributed by atoms with Gasteiger partial charge in [-0.3, -0.25) is 0 Å². The Hall–Kier alpha value is -1.56. The van der Waals surface area contributed by atoms with Crippen LogP contribution in [-0.2, 0) is 0 Å². The molecule has 0 amide bonds. The molecule has 0 heteroatoms. The van der Waals surface area contributed by atoms with E-state index in [1.54, 1.807) is 0 Å². The summed E-state index contributed by atoms with van der Waals surface area (Å²) in [5, 5.41) is 0. The first kappa shape index (κ1) is 76.9. The summed E-state index contributed by atoms with van der Waals surface area (Å²) in [6.45, 7) is 29.1. The zero-order chi connectivity index (χ0) is 53.9. The summed E-state index contributed by atoms with van der Waals surface area (Å²) >= 11 is 0. The predicted molar refractivity (Wildman–Crippen MR) is 340 cm³/mol. The summed E-state index contributed by atoms with van der Waals surface area (Å²) < 4.78 is 0. The standard InChI is InChI=1S/C18H38.C18H36.C18H34.C18H32/c4*1-4-5-6-7-8-9-10-11-12-13-14-15-16-17-18(2)3/h18H,4-17H2,1-3H3;9-10,18H,4-8,11-17H2,1-3H3;6-7,9-10,18H,4-5,8,11-17H2,1-3H3;4,6-7,9-10,18H,1,5,8,11-17H2,2-3H3/b;10-9+;2*7-6+,10-9+. The van der Waals surface area contributed by atoms with Crippen LogP contribution in [0.4, 0.5) is 0 Å². The lowest BCUT2D eigenvalue weighted by molar-refractivity contribution is 0.503. The summed E-state index contributed by atoms with van der Waals surface area (Å²) in [6.07, 6.45) is 87.2. The van der Waals surface area contributed by atoms with Crippen LogP contribution in [0.3, 0.4) is 0 Å². The van der Waals surface area contributed by atoms with Crippen molar-refractivity contribution < 1.29 is 0 Å². The van der Waals surface area contributed by atoms with Gasteiger partial charge in [0, 0.05) is 0 Å². The van der Waals surface area contributed by atoms with Gasteiger partial charge in [0.1, 0.15) is 0 Å². The molecule has 0 saturated heterocycles. The zero-order valence-corrected chi connectivity index (χ0v) is 52.2. The number of hydrogen-bond donors (Lipinski definition) is 0. The third kappa shape index (κ3) is 91.1. The van der Waals surface area contributed by atoms with Crippen LogP contribution >= 0.6 is 0 Å². The van der Waals surface area contributed by atoms with Gasteiger partial charge < -0.3 is 0 Å². The normalized spacial score (nSPS) is 11.8. The summed E-state index contributed by atoms with van der Waals surface area (Å²) in [5.74, 6) is 3.55. The molecular formula is C72H140. The summed E-state index contributed by atoms with van der Waals surface area (Å²) in [4.78, 5) is 0. The van der Waals surface area contributed by atoms with Gasteiger partial charge in [0.2, 0.25) is 0 Å². The maximum absolute atomic E-state index is 3.69. The number of unbranched alkanes of at least 4 members (excludes halogenated alkanes) is 32. The van der Waals surface area contributed by atoms with Crippen LogP contribution in [-0.4, -0.2) is 0 Å². The molecule has 0 atom stereocenters. The van der Waals surface area contributed by atoms with E-state index in [2.05, 4.69) is 144 Å². The highest BCUT2D eigenvalue weighted by atomic mass is 14.0. The van der Waals surface area contributed by atoms with Gasteiger partial charge in [-0.05, 0) is 101 Å². The van der Waals surface area contributed by atoms with Crippen molar-refractivity contribution in [3.05, 3.63) is 73.4 Å². The lowest BCUT2D eigenvalue weighted by Crippen LogP contribution is -1.87. The van der Waals surface area contributed by atoms with Gasteiger partial charge >= 0.3 is 0 Å². The first-order valence-electron chi connectivity index (χ1n) is 32.9. The Morgan fingerprint density at radius 2 is 0.431 bits per heavy atom. The van der Waals surface area contributed by atoms with Gasteiger partial charge in [-0.1, -0.05) is 355 Å². The Labute approximate surface area is 460 Å². The van der Waals surface area contributed by atoms with Crippen LogP contribution in [0.5, 0.6) is 0 Å². The molecule has 0 aromatic rings. The van der Waals surface area contributed by atoms with E-state index in [-0.39, 0.29) is 0 Å². The quantitative estimate of drug-likeness (QED) is 0.0421. The van der Waals surface area contributed by atoms with Gasteiger partial charge in [0.25, 0.3) is 0 Å². The molecule has 0 N–H and O–H groups in total. The lowest BCUT2D eigenvalue weighted by Gasteiger charge is -2.04. The second-order valence-electron chi connectivity index (χ2n) is 23.6. The lowest BCUT2D eigenvalue weighted by atomic mass is 10.0. The fraction of sp³-hybridized carbons (Fsp3) is 0.833. The fourth-order valence-electron chi connectivity index (χ4n) is 8.79. The topological polar surface area (TPSA) is 0 Å². The zero-order valence-electron chi connectivity index (χ0n) is 52.2. The fourth-order valence-corrected chi connectivity index (χ4v) is 8.79. The molecule has 72 heavy (non-hydrogen) atoms. The molecule has 0 saturated carbocycles. The van der Waals surface area contributed by atoms with Crippen LogP contribution in [0, 0.1) is 23.7 Å². The Morgan fingerprint density at radius 1 is 0.222 bits per heavy atom. The number of hydrogen-bond acceptors (Lipinski definition) is 0. The van der Waals surface area contributed by atoms with Crippen molar-refractivity contribution in [1.29, 1.82) is 0 Å². The maximum atomic E-state index is 3.69. The van der Waals surface area contributed by atoms with Crippen LogP contribution < -0.4 is 0 Å². The molecule has 0 spiro atoms. The summed E-state index contributed by atoms with van der Waals surface area (Å²) in [7, 11) is 0. The predicted octanol–water partition coefficient (Wildman–Crippen LogP) is 27.2. The first-order valence-corrected chi connectivity index (χ1v) is 32.9. The van der Waals surface area contributed by atoms with E-state index >= 15 is 0 Å². The molecule has 0 aliphatic carbocycles. The average molecular weight is 1010 g/mol. The monoisotopic (exact) mass is 1010 g/mol. The third-order valence-corrected chi connectivity index (χ3v) is 13.7. The maximum Gasteiger partial charge on any atom is -0.0169 e. The van der Waals surface area contributed by atoms with E-state index < -0.39 is 0 Å². The molecule has 0 unspecified atom stereocenters. The van der Waals surface area contributed by atoms with E-state index in [0.29, 0.717) is 0 Å². The van der Waals surface area contributed by atoms with E-state index in [1.807, 2.05) is 6.08 Å². The molecule has 0 aromatic heterocycles. The van der Waals surface area contributed by atoms with Gasteiger partial charge in [-0.2, -0.15) is 0 Å². The van der Waals surface area contributed by atoms with Crippen LogP contribution in [0.15, 0.2) is 73.4 Å². The highest BCUT2D eigenvalue weighted by molar-refractivity contribution is 4.95. The SMILES string of the molecule is C=CC/C=C/C/C=C/CCCCCCCC(C)C.CCC/C=C/C/C=C/CCCCCCCC(C)C.CCCCCC/C=C/CCCCCCCC(C)C.CCCCCCCCCCCCCCCC(C)C. The van der Waals surface area contributed by atoms with E-state index in [1.165, 1.54) is 270 Å². The second-order valence-corrected chi connectivity index (χ2v) is 23.6. The van der Waals surface area contributed by atoms with Crippen molar-refractivity contribution in [3.8, 4) is 0 Å². The largest absolute Gasteiger partial charge is 0.103 e. The van der Waals surface area contributed by atoms with Gasteiger partial charge in [0.05, 0.1) is 0 Å². The smallest absolute Gasteiger partial charge is 0.0169 e. The van der Waals surface area contributed by atoms with Crippen LogP contribution in [0.2, 0.25) is 0 Å². The van der Waals surface area contributed by atoms with Crippen molar-refractivity contribution in [2.75, 3.05) is 0 Å². The van der Waals surface area contributed by atoms with Gasteiger partial charge in [-0.15, -0.1) is 6.58 Å². The van der Waals surface area contributed by atoms with E-state index in [9.17, 15) is 0 Å². The first-order chi connectivity index (χ1) is 35.1. The molecule has 0 nitrogen and oxygen atoms in total. The third-order valence-electron chi connectivity index (χ3n) is 13.7. The molecule has 428 valence electrons. The Morgan fingerprint density at radius 3 is 0.694 bits per heavy atom. The molecule has 0 radical (unpaired) electrons. The average Bonchev–Trinajstić information content (AvgIpc) is 3.35. The number of rotatable bonds is 51. The summed E-state index contributed by atoms with van der Waals surface area (Å²) in [6, 6.07) is 0. The number of allylic oxidation sites excluding steroid dienone is 11. The van der Waals surface area contributed by atoms with Crippen molar-refractivity contribution in [2.24, 2.45) is 23.7 Å². The van der Waals surface area contributed by atoms with Crippen molar-refractivity contribution in [2.45, 2.75) is 365 Å². The Balaban J connectivity index is -0.000000428. The van der Waals surface area contributed by atoms with E-state index in [4.69, 9.17) is 0 Å². The molecule has 0 aliphatic heterocycles. The summed E-state index contributed by atoms with van der Waals surface area (Å²) in [5.41, 5.74) is 0. The van der Waals surface area contributed by atoms with Crippen molar-refractivity contribution in [1.82, 2.24) is 0 Å². The minimum Gasteiger partial charge on any atom is -0.103 e. The van der Waals surface area contributed by atoms with E-state index in [0.717, 1.165) is 42.9 Å². The minimum absolute atomic E-state index is 0.877. The van der Waals surface area contributed by atoms with Crippen molar-refractivity contribution in [3.63, 3.8) is 0 Å². The Kier molecular flexibility index (Phi) is 78.7. The van der Waals surface area contributed by atoms with Crippen LogP contribution in [0.25, 0.3) is 0 Å². The molecule has 0 rings (SSSR count). The second kappa shape index (κ2) is 73.7.